The van der Waals surface area contributed by atoms with Crippen LogP contribution in [0.25, 0.3) is 0 Å². The van der Waals surface area contributed by atoms with Crippen molar-refractivity contribution >= 4 is 11.8 Å². The predicted octanol–water partition coefficient (Wildman–Crippen LogP) is 2.42. The highest BCUT2D eigenvalue weighted by Crippen LogP contribution is 2.32. The third kappa shape index (κ3) is 3.94. The van der Waals surface area contributed by atoms with E-state index in [0.717, 1.165) is 45.6 Å². The van der Waals surface area contributed by atoms with Crippen LogP contribution in [0.5, 0.6) is 0 Å². The molecule has 0 radical (unpaired) electrons. The van der Waals surface area contributed by atoms with Crippen molar-refractivity contribution in [1.82, 2.24) is 9.80 Å². The van der Waals surface area contributed by atoms with E-state index in [1.807, 2.05) is 4.90 Å². The van der Waals surface area contributed by atoms with Crippen LogP contribution in [-0.2, 0) is 6.42 Å². The smallest absolute Gasteiger partial charge is 0.254 e. The van der Waals surface area contributed by atoms with Crippen LogP contribution in [0.4, 0.5) is 0 Å². The second-order valence-electron chi connectivity index (χ2n) is 7.99. The Morgan fingerprint density at radius 3 is 2.11 bits per heavy atom. The molecule has 0 aromatic heterocycles. The Kier molecular flexibility index (Phi) is 5.44. The molecule has 4 rings (SSSR count). The van der Waals surface area contributed by atoms with Crippen molar-refractivity contribution in [3.63, 3.8) is 0 Å². The molecular formula is C23H27N3O2. The molecule has 0 aliphatic carbocycles. The zero-order valence-electron chi connectivity index (χ0n) is 16.1. The van der Waals surface area contributed by atoms with Crippen LogP contribution in [0.1, 0.15) is 32.7 Å². The van der Waals surface area contributed by atoms with Gasteiger partial charge in [-0.2, -0.15) is 0 Å². The van der Waals surface area contributed by atoms with Crippen molar-refractivity contribution in [2.75, 3.05) is 32.7 Å². The van der Waals surface area contributed by atoms with Crippen molar-refractivity contribution in [3.05, 3.63) is 71.3 Å². The number of fused-ring (bicyclic) bond motifs is 1. The molecule has 5 heteroatoms. The lowest BCUT2D eigenvalue weighted by atomic mass is 10.0. The highest BCUT2D eigenvalue weighted by Gasteiger charge is 2.41. The number of hydrogen-bond acceptors (Lipinski definition) is 3. The molecule has 2 heterocycles. The van der Waals surface area contributed by atoms with E-state index in [9.17, 15) is 9.59 Å². The van der Waals surface area contributed by atoms with Crippen LogP contribution < -0.4 is 5.73 Å². The highest BCUT2D eigenvalue weighted by atomic mass is 16.2. The molecule has 2 aromatic carbocycles. The SMILES string of the molecule is NC(=O)c1ccccc1C(=O)N1CC2CN(CCCc3ccccc3)C[C@H]2C1. The van der Waals surface area contributed by atoms with E-state index in [2.05, 4.69) is 35.2 Å². The second-order valence-corrected chi connectivity index (χ2v) is 7.99. The lowest BCUT2D eigenvalue weighted by Crippen LogP contribution is -2.34. The lowest BCUT2D eigenvalue weighted by Gasteiger charge is -2.22. The maximum Gasteiger partial charge on any atom is 0.254 e. The number of amides is 2. The minimum atomic E-state index is -0.548. The van der Waals surface area contributed by atoms with E-state index in [1.165, 1.54) is 5.56 Å². The second kappa shape index (κ2) is 8.15. The van der Waals surface area contributed by atoms with Crippen LogP contribution in [0, 0.1) is 11.8 Å². The van der Waals surface area contributed by atoms with Gasteiger partial charge in [-0.1, -0.05) is 42.5 Å². The number of carbonyl (C=O) groups is 2. The number of rotatable bonds is 6. The fraction of sp³-hybridized carbons (Fsp3) is 0.391. The van der Waals surface area contributed by atoms with Crippen molar-refractivity contribution in [2.45, 2.75) is 12.8 Å². The molecular weight excluding hydrogens is 350 g/mol. The Morgan fingerprint density at radius 2 is 1.46 bits per heavy atom. The third-order valence-electron chi connectivity index (χ3n) is 6.05. The Bertz CT molecular complexity index is 838. The van der Waals surface area contributed by atoms with E-state index in [4.69, 9.17) is 5.73 Å². The molecule has 2 atom stereocenters. The summed E-state index contributed by atoms with van der Waals surface area (Å²) in [4.78, 5) is 29.0. The molecule has 146 valence electrons. The fourth-order valence-corrected chi connectivity index (χ4v) is 4.64. The quantitative estimate of drug-likeness (QED) is 0.841. The summed E-state index contributed by atoms with van der Waals surface area (Å²) in [6, 6.07) is 17.5. The normalized spacial score (nSPS) is 21.6. The van der Waals surface area contributed by atoms with Gasteiger partial charge in [0.2, 0.25) is 5.91 Å². The number of nitrogens with two attached hydrogens (primary N) is 1. The number of nitrogens with zero attached hydrogens (tertiary/aromatic N) is 2. The summed E-state index contributed by atoms with van der Waals surface area (Å²) in [5.41, 5.74) is 7.57. The third-order valence-corrected chi connectivity index (χ3v) is 6.05. The van der Waals surface area contributed by atoms with Crippen LogP contribution in [0.2, 0.25) is 0 Å². The first-order valence-electron chi connectivity index (χ1n) is 10.1. The average molecular weight is 377 g/mol. The van der Waals surface area contributed by atoms with Crippen molar-refractivity contribution < 1.29 is 9.59 Å². The lowest BCUT2D eigenvalue weighted by molar-refractivity contribution is 0.0768. The summed E-state index contributed by atoms with van der Waals surface area (Å²) in [5.74, 6) is 0.440. The van der Waals surface area contributed by atoms with Gasteiger partial charge >= 0.3 is 0 Å². The molecule has 0 bridgehead atoms. The number of likely N-dealkylation sites (tertiary alicyclic amines) is 2. The highest BCUT2D eigenvalue weighted by molar-refractivity contribution is 6.06. The minimum absolute atomic E-state index is 0.0700. The summed E-state index contributed by atoms with van der Waals surface area (Å²) in [5, 5.41) is 0. The van der Waals surface area contributed by atoms with Crippen LogP contribution in [-0.4, -0.2) is 54.3 Å². The van der Waals surface area contributed by atoms with Gasteiger partial charge in [0.25, 0.3) is 5.91 Å². The van der Waals surface area contributed by atoms with Crippen LogP contribution in [0.3, 0.4) is 0 Å². The van der Waals surface area contributed by atoms with E-state index >= 15 is 0 Å². The molecule has 0 spiro atoms. The minimum Gasteiger partial charge on any atom is -0.366 e. The van der Waals surface area contributed by atoms with Crippen molar-refractivity contribution in [3.8, 4) is 0 Å². The van der Waals surface area contributed by atoms with Crippen molar-refractivity contribution in [1.29, 1.82) is 0 Å². The summed E-state index contributed by atoms with van der Waals surface area (Å²) in [6.07, 6.45) is 2.28. The Morgan fingerprint density at radius 1 is 0.857 bits per heavy atom. The molecule has 2 saturated heterocycles. The summed E-state index contributed by atoms with van der Waals surface area (Å²) >= 11 is 0. The van der Waals surface area contributed by atoms with E-state index in [-0.39, 0.29) is 5.91 Å². The van der Waals surface area contributed by atoms with Gasteiger partial charge in [0, 0.05) is 26.2 Å². The maximum atomic E-state index is 12.9. The maximum absolute atomic E-state index is 12.9. The first kappa shape index (κ1) is 18.7. The van der Waals surface area contributed by atoms with Gasteiger partial charge in [-0.3, -0.25) is 9.59 Å². The van der Waals surface area contributed by atoms with E-state index < -0.39 is 5.91 Å². The van der Waals surface area contributed by atoms with Gasteiger partial charge in [-0.15, -0.1) is 0 Å². The molecule has 2 aromatic rings. The fourth-order valence-electron chi connectivity index (χ4n) is 4.64. The number of carbonyl (C=O) groups excluding carboxylic acids is 2. The average Bonchev–Trinajstić information content (AvgIpc) is 3.27. The van der Waals surface area contributed by atoms with Gasteiger partial charge in [-0.25, -0.2) is 0 Å². The topological polar surface area (TPSA) is 66.6 Å². The van der Waals surface area contributed by atoms with E-state index in [1.54, 1.807) is 24.3 Å². The van der Waals surface area contributed by atoms with Gasteiger partial charge in [0.1, 0.15) is 0 Å². The van der Waals surface area contributed by atoms with Gasteiger partial charge in [-0.05, 0) is 48.9 Å². The zero-order valence-corrected chi connectivity index (χ0v) is 16.1. The summed E-state index contributed by atoms with van der Waals surface area (Å²) in [6.45, 7) is 4.76. The Balaban J connectivity index is 1.29. The number of aryl methyl sites for hydroxylation is 1. The van der Waals surface area contributed by atoms with Gasteiger partial charge in [0.15, 0.2) is 0 Å². The molecule has 5 nitrogen and oxygen atoms in total. The van der Waals surface area contributed by atoms with Crippen LogP contribution in [0.15, 0.2) is 54.6 Å². The monoisotopic (exact) mass is 377 g/mol. The molecule has 28 heavy (non-hydrogen) atoms. The zero-order chi connectivity index (χ0) is 19.5. The first-order valence-corrected chi connectivity index (χ1v) is 10.1. The van der Waals surface area contributed by atoms with Crippen molar-refractivity contribution in [2.24, 2.45) is 17.6 Å². The molecule has 0 saturated carbocycles. The van der Waals surface area contributed by atoms with E-state index in [0.29, 0.717) is 23.0 Å². The first-order chi connectivity index (χ1) is 13.6. The van der Waals surface area contributed by atoms with Crippen LogP contribution >= 0.6 is 0 Å². The van der Waals surface area contributed by atoms with Gasteiger partial charge in [0.05, 0.1) is 11.1 Å². The molecule has 2 fully saturated rings. The molecule has 2 aliphatic rings. The predicted molar refractivity (Wildman–Crippen MR) is 109 cm³/mol. The summed E-state index contributed by atoms with van der Waals surface area (Å²) in [7, 11) is 0. The standard InChI is InChI=1S/C23H27N3O2/c24-22(27)20-10-4-5-11-21(20)23(28)26-15-18-13-25(14-19(18)16-26)12-6-9-17-7-2-1-3-8-17/h1-5,7-8,10-11,18-19H,6,9,12-16H2,(H2,24,27)/t18-,19?/m0/s1. The largest absolute Gasteiger partial charge is 0.366 e. The van der Waals surface area contributed by atoms with Gasteiger partial charge < -0.3 is 15.5 Å². The Labute approximate surface area is 166 Å². The molecule has 2 amide bonds. The summed E-state index contributed by atoms with van der Waals surface area (Å²) < 4.78 is 0. The number of benzene rings is 2. The number of primary amides is 1. The molecule has 2 aliphatic heterocycles. The number of hydrogen-bond donors (Lipinski definition) is 1. The molecule has 2 N–H and O–H groups in total. The molecule has 1 unspecified atom stereocenters. The Hall–Kier alpha value is -2.66.